The van der Waals surface area contributed by atoms with E-state index in [1.807, 2.05) is 0 Å². The van der Waals surface area contributed by atoms with Gasteiger partial charge in [0, 0.05) is 6.42 Å². The first-order valence-corrected chi connectivity index (χ1v) is 8.12. The Balaban J connectivity index is 1.83. The second kappa shape index (κ2) is 7.99. The molecule has 1 unspecified atom stereocenters. The first-order valence-electron chi connectivity index (χ1n) is 8.12. The summed E-state index contributed by atoms with van der Waals surface area (Å²) in [5.41, 5.74) is 5.73. The molecule has 1 atom stereocenters. The van der Waals surface area contributed by atoms with Crippen LogP contribution in [0.1, 0.15) is 6.42 Å². The average molecular weight is 392 g/mol. The topological polar surface area (TPSA) is 97.0 Å². The Morgan fingerprint density at radius 3 is 2.50 bits per heavy atom. The van der Waals surface area contributed by atoms with Gasteiger partial charge in [-0.15, -0.1) is 0 Å². The summed E-state index contributed by atoms with van der Waals surface area (Å²) < 4.78 is 42.5. The number of anilines is 2. The molecular formula is C18H15F3N4O3. The molecule has 28 heavy (non-hydrogen) atoms. The van der Waals surface area contributed by atoms with Gasteiger partial charge < -0.3 is 15.8 Å². The number of carbonyl (C=O) groups is 2. The first-order chi connectivity index (χ1) is 13.3. The summed E-state index contributed by atoms with van der Waals surface area (Å²) in [6, 6.07) is 9.85. The van der Waals surface area contributed by atoms with Crippen molar-refractivity contribution >= 4 is 28.9 Å². The van der Waals surface area contributed by atoms with Gasteiger partial charge in [0.1, 0.15) is 23.3 Å². The van der Waals surface area contributed by atoms with Crippen LogP contribution >= 0.6 is 0 Å². The Hall–Kier alpha value is -3.56. The fourth-order valence-electron chi connectivity index (χ4n) is 2.66. The minimum absolute atomic E-state index is 0.0198. The molecule has 0 saturated carbocycles. The van der Waals surface area contributed by atoms with Crippen molar-refractivity contribution in [2.75, 3.05) is 10.3 Å². The third kappa shape index (κ3) is 4.22. The van der Waals surface area contributed by atoms with E-state index in [1.54, 1.807) is 0 Å². The van der Waals surface area contributed by atoms with E-state index >= 15 is 0 Å². The monoisotopic (exact) mass is 392 g/mol. The van der Waals surface area contributed by atoms with Crippen LogP contribution in [0.15, 0.2) is 53.6 Å². The minimum Gasteiger partial charge on any atom is -0.433 e. The first kappa shape index (κ1) is 19.2. The van der Waals surface area contributed by atoms with Crippen LogP contribution in [0.5, 0.6) is 5.75 Å². The predicted molar refractivity (Wildman–Crippen MR) is 95.6 cm³/mol. The number of primary amides is 1. The third-order valence-corrected chi connectivity index (χ3v) is 3.94. The fourth-order valence-corrected chi connectivity index (χ4v) is 2.66. The van der Waals surface area contributed by atoms with Crippen LogP contribution < -0.4 is 20.8 Å². The van der Waals surface area contributed by atoms with Crippen LogP contribution in [0, 0.1) is 5.82 Å². The molecule has 0 spiro atoms. The highest BCUT2D eigenvalue weighted by Crippen LogP contribution is 2.28. The number of amides is 2. The van der Waals surface area contributed by atoms with Crippen LogP contribution in [0.2, 0.25) is 0 Å². The molecule has 2 aromatic carbocycles. The van der Waals surface area contributed by atoms with Gasteiger partial charge in [-0.25, -0.2) is 4.39 Å². The number of hydrogen-bond acceptors (Lipinski definition) is 5. The van der Waals surface area contributed by atoms with Gasteiger partial charge in [-0.1, -0.05) is 12.1 Å². The zero-order valence-corrected chi connectivity index (χ0v) is 14.3. The van der Waals surface area contributed by atoms with Gasteiger partial charge in [0.15, 0.2) is 0 Å². The van der Waals surface area contributed by atoms with E-state index in [0.717, 1.165) is 0 Å². The average Bonchev–Trinajstić information content (AvgIpc) is 3.09. The predicted octanol–water partition coefficient (Wildman–Crippen LogP) is 2.49. The molecule has 1 aliphatic heterocycles. The third-order valence-electron chi connectivity index (χ3n) is 3.94. The molecule has 10 heteroatoms. The van der Waals surface area contributed by atoms with Crippen molar-refractivity contribution < 1.29 is 27.5 Å². The van der Waals surface area contributed by atoms with Crippen LogP contribution in [-0.2, 0) is 9.59 Å². The Morgan fingerprint density at radius 2 is 1.86 bits per heavy atom. The summed E-state index contributed by atoms with van der Waals surface area (Å²) >= 11 is 0. The highest BCUT2D eigenvalue weighted by Gasteiger charge is 2.35. The smallest absolute Gasteiger partial charge is 0.387 e. The lowest BCUT2D eigenvalue weighted by Crippen LogP contribution is -2.39. The van der Waals surface area contributed by atoms with Gasteiger partial charge in [0.05, 0.1) is 11.4 Å². The standard InChI is InChI=1S/C18H15F3N4O3/c19-10-5-7-11(8-6-10)25-14(16(22)26)9-13(24-25)17(27)23-12-3-1-2-4-15(12)28-18(20)21/h1-8,14,18H,9H2,(H2,22,26)(H,23,27). The quantitative estimate of drug-likeness (QED) is 0.789. The molecule has 7 nitrogen and oxygen atoms in total. The summed E-state index contributed by atoms with van der Waals surface area (Å²) in [4.78, 5) is 24.3. The molecular weight excluding hydrogens is 377 g/mol. The maximum atomic E-state index is 13.1. The van der Waals surface area contributed by atoms with Crippen molar-refractivity contribution in [3.05, 3.63) is 54.3 Å². The zero-order chi connectivity index (χ0) is 20.3. The minimum atomic E-state index is -3.06. The molecule has 0 aromatic heterocycles. The lowest BCUT2D eigenvalue weighted by atomic mass is 10.1. The molecule has 0 bridgehead atoms. The van der Waals surface area contributed by atoms with Crippen molar-refractivity contribution in [3.63, 3.8) is 0 Å². The molecule has 3 N–H and O–H groups in total. The molecule has 1 heterocycles. The number of nitrogens with zero attached hydrogens (tertiary/aromatic N) is 2. The van der Waals surface area contributed by atoms with E-state index in [-0.39, 0.29) is 23.6 Å². The summed E-state index contributed by atoms with van der Waals surface area (Å²) in [5, 5.41) is 7.76. The van der Waals surface area contributed by atoms with Gasteiger partial charge in [0.2, 0.25) is 5.91 Å². The molecule has 0 radical (unpaired) electrons. The summed E-state index contributed by atoms with van der Waals surface area (Å²) in [6.07, 6.45) is -0.101. The Labute approximate surface area is 157 Å². The number of ether oxygens (including phenoxy) is 1. The Bertz CT molecular complexity index is 919. The largest absolute Gasteiger partial charge is 0.433 e. The van der Waals surface area contributed by atoms with Crippen molar-refractivity contribution in [2.45, 2.75) is 19.1 Å². The number of halogens is 3. The van der Waals surface area contributed by atoms with E-state index in [4.69, 9.17) is 5.73 Å². The number of nitrogens with two attached hydrogens (primary N) is 1. The molecule has 2 amide bonds. The summed E-state index contributed by atoms with van der Waals surface area (Å²) in [5.74, 6) is -2.12. The van der Waals surface area contributed by atoms with E-state index in [1.165, 1.54) is 53.5 Å². The number of nitrogens with one attached hydrogen (secondary N) is 1. The summed E-state index contributed by atoms with van der Waals surface area (Å²) in [7, 11) is 0. The normalized spacial score (nSPS) is 16.1. The van der Waals surface area contributed by atoms with Crippen LogP contribution in [0.4, 0.5) is 24.5 Å². The Morgan fingerprint density at radius 1 is 1.18 bits per heavy atom. The van der Waals surface area contributed by atoms with Crippen molar-refractivity contribution in [3.8, 4) is 5.75 Å². The van der Waals surface area contributed by atoms with E-state index in [9.17, 15) is 22.8 Å². The lowest BCUT2D eigenvalue weighted by Gasteiger charge is -2.20. The van der Waals surface area contributed by atoms with Crippen molar-refractivity contribution in [1.82, 2.24) is 0 Å². The van der Waals surface area contributed by atoms with E-state index in [2.05, 4.69) is 15.2 Å². The van der Waals surface area contributed by atoms with E-state index in [0.29, 0.717) is 5.69 Å². The van der Waals surface area contributed by atoms with Crippen LogP contribution in [0.3, 0.4) is 0 Å². The fraction of sp³-hybridized carbons (Fsp3) is 0.167. The van der Waals surface area contributed by atoms with Crippen LogP contribution in [0.25, 0.3) is 0 Å². The number of para-hydroxylation sites is 2. The van der Waals surface area contributed by atoms with Gasteiger partial charge in [0.25, 0.3) is 5.91 Å². The van der Waals surface area contributed by atoms with Gasteiger partial charge in [-0.05, 0) is 36.4 Å². The second-order valence-electron chi connectivity index (χ2n) is 5.82. The van der Waals surface area contributed by atoms with Gasteiger partial charge in [-0.3, -0.25) is 14.6 Å². The molecule has 1 aliphatic rings. The number of rotatable bonds is 6. The lowest BCUT2D eigenvalue weighted by molar-refractivity contribution is -0.119. The summed E-state index contributed by atoms with van der Waals surface area (Å²) in [6.45, 7) is -3.06. The molecule has 3 rings (SSSR count). The number of alkyl halides is 2. The molecule has 0 saturated heterocycles. The van der Waals surface area contributed by atoms with Crippen LogP contribution in [-0.4, -0.2) is 30.2 Å². The zero-order valence-electron chi connectivity index (χ0n) is 14.3. The number of benzene rings is 2. The van der Waals surface area contributed by atoms with Crippen molar-refractivity contribution in [1.29, 1.82) is 0 Å². The van der Waals surface area contributed by atoms with Gasteiger partial charge in [-0.2, -0.15) is 13.9 Å². The maximum Gasteiger partial charge on any atom is 0.387 e. The van der Waals surface area contributed by atoms with Gasteiger partial charge >= 0.3 is 6.61 Å². The van der Waals surface area contributed by atoms with Crippen molar-refractivity contribution in [2.24, 2.45) is 10.8 Å². The number of carbonyl (C=O) groups excluding carboxylic acids is 2. The molecule has 2 aromatic rings. The Kier molecular flexibility index (Phi) is 5.48. The molecule has 0 fully saturated rings. The highest BCUT2D eigenvalue weighted by atomic mass is 19.3. The molecule has 146 valence electrons. The SMILES string of the molecule is NC(=O)C1CC(C(=O)Nc2ccccc2OC(F)F)=NN1c1ccc(F)cc1. The highest BCUT2D eigenvalue weighted by molar-refractivity contribution is 6.44. The maximum absolute atomic E-state index is 13.1. The molecule has 0 aliphatic carbocycles. The number of hydrogen-bond donors (Lipinski definition) is 2. The van der Waals surface area contributed by atoms with E-state index < -0.39 is 30.3 Å². The number of hydrazone groups is 1. The second-order valence-corrected chi connectivity index (χ2v) is 5.82.